The van der Waals surface area contributed by atoms with Crippen LogP contribution in [0.2, 0.25) is 0 Å². The van der Waals surface area contributed by atoms with E-state index >= 15 is 0 Å². The highest BCUT2D eigenvalue weighted by Crippen LogP contribution is 2.38. The molecule has 1 fully saturated rings. The van der Waals surface area contributed by atoms with Gasteiger partial charge in [-0.2, -0.15) is 4.98 Å². The number of amides is 1. The summed E-state index contributed by atoms with van der Waals surface area (Å²) in [7, 11) is 0. The smallest absolute Gasteiger partial charge is 0.264 e. The van der Waals surface area contributed by atoms with Crippen LogP contribution in [-0.4, -0.2) is 22.7 Å². The summed E-state index contributed by atoms with van der Waals surface area (Å²) in [5.41, 5.74) is 5.05. The topological polar surface area (TPSA) is 100 Å². The van der Waals surface area contributed by atoms with Crippen molar-refractivity contribution in [3.63, 3.8) is 0 Å². The number of nitrogens with two attached hydrogens (primary N) is 1. The summed E-state index contributed by atoms with van der Waals surface area (Å²) in [6.07, 6.45) is 2.23. The fourth-order valence-corrected chi connectivity index (χ4v) is 1.81. The lowest BCUT2D eigenvalue weighted by molar-refractivity contribution is -0.119. The third kappa shape index (κ3) is 3.50. The molecule has 0 radical (unpaired) electrons. The summed E-state index contributed by atoms with van der Waals surface area (Å²) in [5.74, 6) is 1.99. The highest BCUT2D eigenvalue weighted by molar-refractivity contribution is 5.75. The van der Waals surface area contributed by atoms with Crippen molar-refractivity contribution in [2.24, 2.45) is 5.73 Å². The van der Waals surface area contributed by atoms with E-state index in [2.05, 4.69) is 10.1 Å². The molecule has 7 heteroatoms. The first-order valence-electron chi connectivity index (χ1n) is 6.68. The molecule has 1 aliphatic rings. The summed E-state index contributed by atoms with van der Waals surface area (Å²) in [4.78, 5) is 15.0. The van der Waals surface area contributed by atoms with Crippen LogP contribution in [0.1, 0.15) is 30.5 Å². The van der Waals surface area contributed by atoms with Crippen molar-refractivity contribution in [2.45, 2.75) is 25.4 Å². The van der Waals surface area contributed by atoms with Crippen molar-refractivity contribution in [3.8, 4) is 11.5 Å². The molecular formula is C14H15N3O4. The lowest BCUT2D eigenvalue weighted by Gasteiger charge is -2.10. The number of rotatable bonds is 7. The van der Waals surface area contributed by atoms with E-state index in [0.717, 1.165) is 18.7 Å². The van der Waals surface area contributed by atoms with Crippen LogP contribution in [-0.2, 0) is 11.4 Å². The number of primary amides is 1. The van der Waals surface area contributed by atoms with Crippen LogP contribution in [0.4, 0.5) is 0 Å². The van der Waals surface area contributed by atoms with Gasteiger partial charge in [0.1, 0.15) is 0 Å². The third-order valence-corrected chi connectivity index (χ3v) is 3.00. The van der Waals surface area contributed by atoms with Gasteiger partial charge in [-0.15, -0.1) is 0 Å². The average Bonchev–Trinajstić information content (AvgIpc) is 3.23. The minimum atomic E-state index is -0.546. The first-order valence-corrected chi connectivity index (χ1v) is 6.68. The highest BCUT2D eigenvalue weighted by atomic mass is 16.5. The first-order chi connectivity index (χ1) is 10.2. The summed E-state index contributed by atoms with van der Waals surface area (Å²) in [6, 6.07) is 7.01. The second kappa shape index (κ2) is 5.82. The Hall–Kier alpha value is -2.57. The molecule has 1 aromatic carbocycles. The van der Waals surface area contributed by atoms with Crippen molar-refractivity contribution in [1.29, 1.82) is 0 Å². The van der Waals surface area contributed by atoms with Crippen LogP contribution in [0.25, 0.3) is 0 Å². The summed E-state index contributed by atoms with van der Waals surface area (Å²) < 4.78 is 16.0. The molecule has 0 bridgehead atoms. The molecule has 1 aliphatic carbocycles. The molecule has 2 aromatic rings. The van der Waals surface area contributed by atoms with Crippen molar-refractivity contribution in [2.75, 3.05) is 6.61 Å². The van der Waals surface area contributed by atoms with E-state index in [4.69, 9.17) is 19.7 Å². The molecule has 21 heavy (non-hydrogen) atoms. The normalized spacial score (nSPS) is 13.9. The number of hydrogen-bond donors (Lipinski definition) is 1. The van der Waals surface area contributed by atoms with Gasteiger partial charge in [0.2, 0.25) is 0 Å². The maximum Gasteiger partial charge on any atom is 0.264 e. The summed E-state index contributed by atoms with van der Waals surface area (Å²) in [6.45, 7) is -0.0522. The first kappa shape index (κ1) is 13.4. The number of hydrogen-bond acceptors (Lipinski definition) is 6. The number of ether oxygens (including phenoxy) is 2. The standard InChI is InChI=1S/C14H15N3O4/c15-12(18)7-19-10-3-1-2-4-11(10)20-8-13-16-14(17-21-13)9-5-6-9/h1-4,9H,5-8H2,(H2,15,18). The maximum absolute atomic E-state index is 10.8. The summed E-state index contributed by atoms with van der Waals surface area (Å²) in [5, 5.41) is 3.91. The van der Waals surface area contributed by atoms with Crippen molar-refractivity contribution >= 4 is 5.91 Å². The van der Waals surface area contributed by atoms with Crippen LogP contribution in [0, 0.1) is 0 Å². The van der Waals surface area contributed by atoms with Gasteiger partial charge in [-0.25, -0.2) is 0 Å². The Morgan fingerprint density at radius 2 is 2.00 bits per heavy atom. The van der Waals surface area contributed by atoms with Crippen LogP contribution < -0.4 is 15.2 Å². The molecule has 0 unspecified atom stereocenters. The molecule has 7 nitrogen and oxygen atoms in total. The summed E-state index contributed by atoms with van der Waals surface area (Å²) >= 11 is 0. The Kier molecular flexibility index (Phi) is 3.72. The molecular weight excluding hydrogens is 274 g/mol. The number of carbonyl (C=O) groups is 1. The number of aromatic nitrogens is 2. The molecule has 1 amide bonds. The maximum atomic E-state index is 10.8. The van der Waals surface area contributed by atoms with Gasteiger partial charge in [-0.1, -0.05) is 17.3 Å². The molecule has 110 valence electrons. The average molecular weight is 289 g/mol. The van der Waals surface area contributed by atoms with Crippen LogP contribution in [0.15, 0.2) is 28.8 Å². The Balaban J connectivity index is 1.62. The van der Waals surface area contributed by atoms with Gasteiger partial charge in [-0.3, -0.25) is 4.79 Å². The Morgan fingerprint density at radius 3 is 2.67 bits per heavy atom. The third-order valence-electron chi connectivity index (χ3n) is 3.00. The van der Waals surface area contributed by atoms with Gasteiger partial charge in [0, 0.05) is 5.92 Å². The zero-order valence-electron chi connectivity index (χ0n) is 11.3. The van der Waals surface area contributed by atoms with Crippen LogP contribution in [0.3, 0.4) is 0 Å². The molecule has 0 aliphatic heterocycles. The van der Waals surface area contributed by atoms with E-state index in [0.29, 0.717) is 23.3 Å². The van der Waals surface area contributed by atoms with E-state index in [1.807, 2.05) is 0 Å². The molecule has 2 N–H and O–H groups in total. The minimum absolute atomic E-state index is 0.149. The largest absolute Gasteiger partial charge is 0.480 e. The Bertz CT molecular complexity index is 637. The van der Waals surface area contributed by atoms with Crippen molar-refractivity contribution < 1.29 is 18.8 Å². The highest BCUT2D eigenvalue weighted by Gasteiger charge is 2.28. The van der Waals surface area contributed by atoms with Gasteiger partial charge in [0.15, 0.2) is 30.5 Å². The predicted molar refractivity (Wildman–Crippen MR) is 71.7 cm³/mol. The molecule has 1 aromatic heterocycles. The van der Waals surface area contributed by atoms with Gasteiger partial charge in [-0.05, 0) is 25.0 Å². The molecule has 0 atom stereocenters. The quantitative estimate of drug-likeness (QED) is 0.826. The van der Waals surface area contributed by atoms with E-state index in [-0.39, 0.29) is 13.2 Å². The number of carbonyl (C=O) groups excluding carboxylic acids is 1. The molecule has 1 saturated carbocycles. The number of nitrogens with zero attached hydrogens (tertiary/aromatic N) is 2. The zero-order chi connectivity index (χ0) is 14.7. The lowest BCUT2D eigenvalue weighted by atomic mass is 10.3. The van der Waals surface area contributed by atoms with Gasteiger partial charge >= 0.3 is 0 Å². The Labute approximate surface area is 121 Å². The van der Waals surface area contributed by atoms with Crippen molar-refractivity contribution in [1.82, 2.24) is 10.1 Å². The van der Waals surface area contributed by atoms with E-state index in [1.54, 1.807) is 24.3 Å². The van der Waals surface area contributed by atoms with E-state index in [1.165, 1.54) is 0 Å². The van der Waals surface area contributed by atoms with E-state index in [9.17, 15) is 4.79 Å². The monoisotopic (exact) mass is 289 g/mol. The molecule has 3 rings (SSSR count). The second-order valence-electron chi connectivity index (χ2n) is 4.81. The number of para-hydroxylation sites is 2. The predicted octanol–water partition coefficient (Wildman–Crippen LogP) is 1.39. The Morgan fingerprint density at radius 1 is 1.29 bits per heavy atom. The SMILES string of the molecule is NC(=O)COc1ccccc1OCc1nc(C2CC2)no1. The fourth-order valence-electron chi connectivity index (χ4n) is 1.81. The van der Waals surface area contributed by atoms with Crippen LogP contribution in [0.5, 0.6) is 11.5 Å². The lowest BCUT2D eigenvalue weighted by Crippen LogP contribution is -2.20. The number of benzene rings is 1. The van der Waals surface area contributed by atoms with Gasteiger partial charge in [0.05, 0.1) is 0 Å². The zero-order valence-corrected chi connectivity index (χ0v) is 11.3. The van der Waals surface area contributed by atoms with Crippen molar-refractivity contribution in [3.05, 3.63) is 36.0 Å². The van der Waals surface area contributed by atoms with E-state index < -0.39 is 5.91 Å². The minimum Gasteiger partial charge on any atom is -0.480 e. The molecule has 0 spiro atoms. The fraction of sp³-hybridized carbons (Fsp3) is 0.357. The molecule has 0 saturated heterocycles. The van der Waals surface area contributed by atoms with Gasteiger partial charge < -0.3 is 19.7 Å². The molecule has 1 heterocycles. The van der Waals surface area contributed by atoms with Gasteiger partial charge in [0.25, 0.3) is 11.8 Å². The second-order valence-corrected chi connectivity index (χ2v) is 4.81. The van der Waals surface area contributed by atoms with Crippen LogP contribution >= 0.6 is 0 Å².